The predicted molar refractivity (Wildman–Crippen MR) is 81.0 cm³/mol. The van der Waals surface area contributed by atoms with Crippen molar-refractivity contribution in [1.29, 1.82) is 0 Å². The number of hydrogen-bond donors (Lipinski definition) is 1. The van der Waals surface area contributed by atoms with E-state index >= 15 is 0 Å². The minimum atomic E-state index is 0.0559. The Morgan fingerprint density at radius 2 is 2.05 bits per heavy atom. The minimum Gasteiger partial charge on any atom is -0.439 e. The molecule has 0 radical (unpaired) electrons. The lowest BCUT2D eigenvalue weighted by Crippen LogP contribution is -2.35. The van der Waals surface area contributed by atoms with Crippen LogP contribution in [0.2, 0.25) is 0 Å². The summed E-state index contributed by atoms with van der Waals surface area (Å²) >= 11 is 3.53. The van der Waals surface area contributed by atoms with Gasteiger partial charge in [-0.1, -0.05) is 28.1 Å². The normalized spacial score (nSPS) is 11.8. The third kappa shape index (κ3) is 3.67. The fourth-order valence-electron chi connectivity index (χ4n) is 1.73. The molecular formula is C15H19BrN2O. The highest BCUT2D eigenvalue weighted by Crippen LogP contribution is 2.29. The largest absolute Gasteiger partial charge is 0.439 e. The summed E-state index contributed by atoms with van der Waals surface area (Å²) in [5.41, 5.74) is 2.29. The van der Waals surface area contributed by atoms with E-state index in [2.05, 4.69) is 53.9 Å². The molecule has 19 heavy (non-hydrogen) atoms. The van der Waals surface area contributed by atoms with E-state index in [9.17, 15) is 0 Å². The standard InChI is InChI=1S/C15H19BrN2O/c1-10-11(6-5-7-12(10)16)13-8-17-14(19-13)9-18-15(2,3)4/h5-8,18H,9H2,1-4H3. The van der Waals surface area contributed by atoms with Crippen LogP contribution in [0, 0.1) is 6.92 Å². The number of rotatable bonds is 3. The summed E-state index contributed by atoms with van der Waals surface area (Å²) in [7, 11) is 0. The van der Waals surface area contributed by atoms with E-state index in [0.29, 0.717) is 12.4 Å². The van der Waals surface area contributed by atoms with Crippen LogP contribution in [-0.2, 0) is 6.54 Å². The first-order valence-corrected chi connectivity index (χ1v) is 7.11. The van der Waals surface area contributed by atoms with Crippen LogP contribution >= 0.6 is 15.9 Å². The van der Waals surface area contributed by atoms with Crippen LogP contribution in [-0.4, -0.2) is 10.5 Å². The highest BCUT2D eigenvalue weighted by molar-refractivity contribution is 9.10. The van der Waals surface area contributed by atoms with Crippen molar-refractivity contribution in [3.63, 3.8) is 0 Å². The molecule has 2 rings (SSSR count). The van der Waals surface area contributed by atoms with Crippen molar-refractivity contribution in [3.8, 4) is 11.3 Å². The van der Waals surface area contributed by atoms with Crippen LogP contribution in [0.3, 0.4) is 0 Å². The number of hydrogen-bond acceptors (Lipinski definition) is 3. The minimum absolute atomic E-state index is 0.0559. The van der Waals surface area contributed by atoms with Crippen molar-refractivity contribution in [3.05, 3.63) is 40.3 Å². The van der Waals surface area contributed by atoms with E-state index in [-0.39, 0.29) is 5.54 Å². The van der Waals surface area contributed by atoms with Crippen LogP contribution in [0.25, 0.3) is 11.3 Å². The van der Waals surface area contributed by atoms with Gasteiger partial charge in [-0.3, -0.25) is 0 Å². The Hall–Kier alpha value is -1.13. The van der Waals surface area contributed by atoms with Gasteiger partial charge in [0.1, 0.15) is 0 Å². The lowest BCUT2D eigenvalue weighted by molar-refractivity contribution is 0.383. The third-order valence-electron chi connectivity index (χ3n) is 2.86. The summed E-state index contributed by atoms with van der Waals surface area (Å²) in [4.78, 5) is 4.32. The van der Waals surface area contributed by atoms with E-state index in [4.69, 9.17) is 4.42 Å². The van der Waals surface area contributed by atoms with Crippen molar-refractivity contribution >= 4 is 15.9 Å². The summed E-state index contributed by atoms with van der Waals surface area (Å²) < 4.78 is 6.89. The first-order valence-electron chi connectivity index (χ1n) is 6.32. The fourth-order valence-corrected chi connectivity index (χ4v) is 2.10. The molecule has 0 bridgehead atoms. The molecule has 2 aromatic rings. The zero-order valence-electron chi connectivity index (χ0n) is 11.7. The molecule has 3 nitrogen and oxygen atoms in total. The topological polar surface area (TPSA) is 38.1 Å². The smallest absolute Gasteiger partial charge is 0.208 e. The van der Waals surface area contributed by atoms with Gasteiger partial charge in [0.25, 0.3) is 0 Å². The quantitative estimate of drug-likeness (QED) is 0.915. The molecule has 1 heterocycles. The van der Waals surface area contributed by atoms with Crippen LogP contribution in [0.5, 0.6) is 0 Å². The Labute approximate surface area is 122 Å². The fraction of sp³-hybridized carbons (Fsp3) is 0.400. The molecule has 0 atom stereocenters. The highest BCUT2D eigenvalue weighted by Gasteiger charge is 2.13. The maximum absolute atomic E-state index is 5.81. The Kier molecular flexibility index (Phi) is 4.11. The van der Waals surface area contributed by atoms with Crippen LogP contribution in [0.15, 0.2) is 33.3 Å². The molecule has 0 aliphatic heterocycles. The molecule has 0 aliphatic rings. The maximum atomic E-state index is 5.81. The van der Waals surface area contributed by atoms with Crippen molar-refractivity contribution in [2.75, 3.05) is 0 Å². The van der Waals surface area contributed by atoms with Gasteiger partial charge in [0.05, 0.1) is 12.7 Å². The zero-order chi connectivity index (χ0) is 14.0. The van der Waals surface area contributed by atoms with Gasteiger partial charge in [0.2, 0.25) is 5.89 Å². The van der Waals surface area contributed by atoms with Crippen molar-refractivity contribution in [2.45, 2.75) is 39.8 Å². The average Bonchev–Trinajstić information content (AvgIpc) is 2.78. The van der Waals surface area contributed by atoms with E-state index in [1.54, 1.807) is 6.20 Å². The summed E-state index contributed by atoms with van der Waals surface area (Å²) in [6.07, 6.45) is 1.79. The molecule has 0 spiro atoms. The molecular weight excluding hydrogens is 304 g/mol. The van der Waals surface area contributed by atoms with E-state index < -0.39 is 0 Å². The van der Waals surface area contributed by atoms with Crippen molar-refractivity contribution in [1.82, 2.24) is 10.3 Å². The van der Waals surface area contributed by atoms with Gasteiger partial charge in [0.15, 0.2) is 5.76 Å². The number of benzene rings is 1. The molecule has 4 heteroatoms. The lowest BCUT2D eigenvalue weighted by atomic mass is 10.1. The molecule has 102 valence electrons. The first kappa shape index (κ1) is 14.3. The number of halogens is 1. The lowest BCUT2D eigenvalue weighted by Gasteiger charge is -2.18. The van der Waals surface area contributed by atoms with Crippen molar-refractivity contribution < 1.29 is 4.42 Å². The third-order valence-corrected chi connectivity index (χ3v) is 3.72. The van der Waals surface area contributed by atoms with Gasteiger partial charge in [0, 0.05) is 15.6 Å². The highest BCUT2D eigenvalue weighted by atomic mass is 79.9. The number of aromatic nitrogens is 1. The first-order chi connectivity index (χ1) is 8.87. The van der Waals surface area contributed by atoms with Gasteiger partial charge < -0.3 is 9.73 Å². The Balaban J connectivity index is 2.19. The Morgan fingerprint density at radius 3 is 2.74 bits per heavy atom. The van der Waals surface area contributed by atoms with Gasteiger partial charge in [-0.05, 0) is 39.3 Å². The van der Waals surface area contributed by atoms with Gasteiger partial charge >= 0.3 is 0 Å². The summed E-state index contributed by atoms with van der Waals surface area (Å²) in [5, 5.41) is 3.36. The van der Waals surface area contributed by atoms with E-state index in [1.165, 1.54) is 0 Å². The number of nitrogens with zero attached hydrogens (tertiary/aromatic N) is 1. The second-order valence-electron chi connectivity index (χ2n) is 5.63. The summed E-state index contributed by atoms with van der Waals surface area (Å²) in [5.74, 6) is 1.52. The zero-order valence-corrected chi connectivity index (χ0v) is 13.3. The molecule has 0 fully saturated rings. The maximum Gasteiger partial charge on any atom is 0.208 e. The van der Waals surface area contributed by atoms with Crippen molar-refractivity contribution in [2.24, 2.45) is 0 Å². The molecule has 1 aromatic heterocycles. The SMILES string of the molecule is Cc1c(Br)cccc1-c1cnc(CNC(C)(C)C)o1. The summed E-state index contributed by atoms with van der Waals surface area (Å²) in [6, 6.07) is 6.07. The van der Waals surface area contributed by atoms with Gasteiger partial charge in [-0.2, -0.15) is 0 Å². The molecule has 0 saturated carbocycles. The van der Waals surface area contributed by atoms with Gasteiger partial charge in [-0.25, -0.2) is 4.98 Å². The second-order valence-corrected chi connectivity index (χ2v) is 6.49. The molecule has 0 unspecified atom stereocenters. The number of oxazole rings is 1. The van der Waals surface area contributed by atoms with E-state index in [1.807, 2.05) is 18.2 Å². The molecule has 1 aromatic carbocycles. The van der Waals surface area contributed by atoms with Gasteiger partial charge in [-0.15, -0.1) is 0 Å². The molecule has 1 N–H and O–H groups in total. The van der Waals surface area contributed by atoms with Crippen LogP contribution in [0.4, 0.5) is 0 Å². The second kappa shape index (κ2) is 5.47. The molecule has 0 aliphatic carbocycles. The van der Waals surface area contributed by atoms with Crippen LogP contribution in [0.1, 0.15) is 32.2 Å². The Morgan fingerprint density at radius 1 is 1.32 bits per heavy atom. The average molecular weight is 323 g/mol. The van der Waals surface area contributed by atoms with E-state index in [0.717, 1.165) is 21.4 Å². The monoisotopic (exact) mass is 322 g/mol. The van der Waals surface area contributed by atoms with Crippen LogP contribution < -0.4 is 5.32 Å². The number of nitrogens with one attached hydrogen (secondary N) is 1. The summed E-state index contributed by atoms with van der Waals surface area (Å²) in [6.45, 7) is 9.06. The molecule has 0 saturated heterocycles. The Bertz CT molecular complexity index is 570. The molecule has 0 amide bonds. The predicted octanol–water partition coefficient (Wildman–Crippen LogP) is 4.30.